The summed E-state index contributed by atoms with van der Waals surface area (Å²) in [6.45, 7) is 2.50. The fourth-order valence-corrected chi connectivity index (χ4v) is 5.18. The van der Waals surface area contributed by atoms with Gasteiger partial charge in [0.1, 0.15) is 16.5 Å². The van der Waals surface area contributed by atoms with Crippen molar-refractivity contribution in [3.8, 4) is 11.1 Å². The summed E-state index contributed by atoms with van der Waals surface area (Å²) >= 11 is 1.73. The number of nitrogens with zero attached hydrogens (tertiary/aromatic N) is 3. The number of nitrogens with one attached hydrogen (secondary N) is 1. The fraction of sp³-hybridized carbons (Fsp3) is 0.478. The van der Waals surface area contributed by atoms with E-state index in [0.717, 1.165) is 54.5 Å². The van der Waals surface area contributed by atoms with Crippen molar-refractivity contribution in [2.45, 2.75) is 37.1 Å². The van der Waals surface area contributed by atoms with Gasteiger partial charge in [-0.05, 0) is 45.3 Å². The van der Waals surface area contributed by atoms with E-state index in [2.05, 4.69) is 60.0 Å². The van der Waals surface area contributed by atoms with Gasteiger partial charge in [0.05, 0.1) is 5.39 Å². The summed E-state index contributed by atoms with van der Waals surface area (Å²) in [4.78, 5) is 13.4. The third kappa shape index (κ3) is 3.65. The van der Waals surface area contributed by atoms with Gasteiger partial charge in [0.2, 0.25) is 0 Å². The summed E-state index contributed by atoms with van der Waals surface area (Å²) in [6.07, 6.45) is 4.49. The second kappa shape index (κ2) is 7.67. The Morgan fingerprint density at radius 2 is 1.90 bits per heavy atom. The maximum Gasteiger partial charge on any atom is 0.139 e. The van der Waals surface area contributed by atoms with Crippen LogP contribution in [0.3, 0.4) is 0 Å². The third-order valence-corrected chi connectivity index (χ3v) is 7.31. The molecular formula is C23H28N4OS. The molecule has 0 bridgehead atoms. The average molecular weight is 409 g/mol. The van der Waals surface area contributed by atoms with Crippen molar-refractivity contribution in [2.75, 3.05) is 39.2 Å². The Morgan fingerprint density at radius 1 is 1.14 bits per heavy atom. The predicted molar refractivity (Wildman–Crippen MR) is 120 cm³/mol. The number of benzene rings is 1. The molecule has 1 aliphatic carbocycles. The van der Waals surface area contributed by atoms with Crippen LogP contribution >= 0.6 is 11.3 Å². The molecule has 0 atom stereocenters. The highest BCUT2D eigenvalue weighted by atomic mass is 32.1. The molecular weight excluding hydrogens is 380 g/mol. The lowest BCUT2D eigenvalue weighted by Gasteiger charge is -2.43. The molecule has 0 radical (unpaired) electrons. The van der Waals surface area contributed by atoms with Crippen LogP contribution in [0.1, 0.15) is 37.4 Å². The van der Waals surface area contributed by atoms with Gasteiger partial charge in [0.15, 0.2) is 0 Å². The first-order valence-corrected chi connectivity index (χ1v) is 11.4. The summed E-state index contributed by atoms with van der Waals surface area (Å²) in [5, 5.41) is 7.14. The first kappa shape index (κ1) is 19.0. The molecule has 1 aromatic carbocycles. The van der Waals surface area contributed by atoms with Crippen LogP contribution in [0.15, 0.2) is 35.7 Å². The predicted octanol–water partition coefficient (Wildman–Crippen LogP) is 4.76. The van der Waals surface area contributed by atoms with Gasteiger partial charge in [-0.3, -0.25) is 0 Å². The van der Waals surface area contributed by atoms with E-state index in [0.29, 0.717) is 5.92 Å². The van der Waals surface area contributed by atoms with Crippen LogP contribution in [0.25, 0.3) is 21.3 Å². The van der Waals surface area contributed by atoms with Crippen molar-refractivity contribution in [3.63, 3.8) is 0 Å². The van der Waals surface area contributed by atoms with Gasteiger partial charge in [-0.25, -0.2) is 9.97 Å². The van der Waals surface area contributed by atoms with Crippen LogP contribution in [0, 0.1) is 0 Å². The molecule has 3 heterocycles. The lowest BCUT2D eigenvalue weighted by molar-refractivity contribution is -0.000652. The van der Waals surface area contributed by atoms with Crippen molar-refractivity contribution in [3.05, 3.63) is 41.5 Å². The van der Waals surface area contributed by atoms with E-state index in [1.165, 1.54) is 24.0 Å². The molecule has 3 aromatic rings. The zero-order chi connectivity index (χ0) is 19.8. The second-order valence-electron chi connectivity index (χ2n) is 8.48. The lowest BCUT2D eigenvalue weighted by Crippen LogP contribution is -2.53. The maximum absolute atomic E-state index is 5.64. The molecule has 152 valence electrons. The van der Waals surface area contributed by atoms with Crippen LogP contribution in [0.5, 0.6) is 0 Å². The highest BCUT2D eigenvalue weighted by Gasteiger charge is 2.35. The number of aromatic nitrogens is 2. The zero-order valence-electron chi connectivity index (χ0n) is 17.1. The Kier molecular flexibility index (Phi) is 5.02. The summed E-state index contributed by atoms with van der Waals surface area (Å²) in [5.74, 6) is 2.53. The molecule has 2 aromatic heterocycles. The van der Waals surface area contributed by atoms with Crippen molar-refractivity contribution < 1.29 is 4.74 Å². The number of thiophene rings is 1. The average Bonchev–Trinajstić information content (AvgIpc) is 3.52. The maximum atomic E-state index is 5.64. The van der Waals surface area contributed by atoms with Gasteiger partial charge < -0.3 is 15.0 Å². The van der Waals surface area contributed by atoms with Crippen molar-refractivity contribution in [2.24, 2.45) is 0 Å². The number of anilines is 1. The summed E-state index contributed by atoms with van der Waals surface area (Å²) < 4.78 is 5.64. The minimum atomic E-state index is 0.0954. The molecule has 0 amide bonds. The molecule has 0 unspecified atom stereocenters. The fourth-order valence-electron chi connectivity index (χ4n) is 4.22. The molecule has 6 heteroatoms. The number of rotatable bonds is 6. The molecule has 29 heavy (non-hydrogen) atoms. The number of hydrogen-bond donors (Lipinski definition) is 1. The summed E-state index contributed by atoms with van der Waals surface area (Å²) in [5.41, 5.74) is 2.54. The number of likely N-dealkylation sites (N-methyl/N-ethyl adjacent to an activating group) is 1. The SMILES string of the molecule is CN(C)C1(CNc2nc(C3CC3)nc3scc(-c4ccccc4)c23)CCOCC1. The van der Waals surface area contributed by atoms with Crippen LogP contribution in [-0.4, -0.2) is 54.3 Å². The van der Waals surface area contributed by atoms with Gasteiger partial charge in [-0.1, -0.05) is 30.3 Å². The normalized spacial score (nSPS) is 19.0. The Bertz CT molecular complexity index is 991. The van der Waals surface area contributed by atoms with E-state index in [9.17, 15) is 0 Å². The van der Waals surface area contributed by atoms with Gasteiger partial charge in [0.25, 0.3) is 0 Å². The summed E-state index contributed by atoms with van der Waals surface area (Å²) in [6, 6.07) is 10.6. The Labute approximate surface area is 176 Å². The topological polar surface area (TPSA) is 50.3 Å². The molecule has 1 aliphatic heterocycles. The number of ether oxygens (including phenoxy) is 1. The van der Waals surface area contributed by atoms with Gasteiger partial charge in [0, 0.05) is 42.2 Å². The van der Waals surface area contributed by atoms with E-state index < -0.39 is 0 Å². The number of fused-ring (bicyclic) bond motifs is 1. The zero-order valence-corrected chi connectivity index (χ0v) is 18.0. The van der Waals surface area contributed by atoms with Crippen LogP contribution < -0.4 is 5.32 Å². The Balaban J connectivity index is 1.55. The molecule has 2 aliphatic rings. The van der Waals surface area contributed by atoms with Gasteiger partial charge in [-0.2, -0.15) is 0 Å². The van der Waals surface area contributed by atoms with E-state index in [-0.39, 0.29) is 5.54 Å². The van der Waals surface area contributed by atoms with Gasteiger partial charge >= 0.3 is 0 Å². The third-order valence-electron chi connectivity index (χ3n) is 6.44. The monoisotopic (exact) mass is 408 g/mol. The van der Waals surface area contributed by atoms with Crippen molar-refractivity contribution in [1.29, 1.82) is 0 Å². The Hall–Kier alpha value is -2.02. The summed E-state index contributed by atoms with van der Waals surface area (Å²) in [7, 11) is 4.36. The van der Waals surface area contributed by atoms with E-state index in [1.807, 2.05) is 0 Å². The quantitative estimate of drug-likeness (QED) is 0.637. The Morgan fingerprint density at radius 3 is 2.59 bits per heavy atom. The first-order chi connectivity index (χ1) is 14.2. The van der Waals surface area contributed by atoms with Crippen molar-refractivity contribution in [1.82, 2.24) is 14.9 Å². The minimum Gasteiger partial charge on any atom is -0.381 e. The molecule has 1 saturated heterocycles. The van der Waals surface area contributed by atoms with E-state index in [4.69, 9.17) is 14.7 Å². The molecule has 1 N–H and O–H groups in total. The molecule has 2 fully saturated rings. The van der Waals surface area contributed by atoms with E-state index in [1.54, 1.807) is 11.3 Å². The molecule has 0 spiro atoms. The van der Waals surface area contributed by atoms with Gasteiger partial charge in [-0.15, -0.1) is 11.3 Å². The molecule has 1 saturated carbocycles. The number of hydrogen-bond acceptors (Lipinski definition) is 6. The van der Waals surface area contributed by atoms with Crippen LogP contribution in [0.4, 0.5) is 5.82 Å². The van der Waals surface area contributed by atoms with Crippen LogP contribution in [0.2, 0.25) is 0 Å². The van der Waals surface area contributed by atoms with Crippen molar-refractivity contribution >= 4 is 27.4 Å². The lowest BCUT2D eigenvalue weighted by atomic mass is 9.88. The smallest absolute Gasteiger partial charge is 0.139 e. The van der Waals surface area contributed by atoms with Crippen LogP contribution in [-0.2, 0) is 4.74 Å². The van der Waals surface area contributed by atoms with E-state index >= 15 is 0 Å². The first-order valence-electron chi connectivity index (χ1n) is 10.5. The molecule has 5 nitrogen and oxygen atoms in total. The highest BCUT2D eigenvalue weighted by Crippen LogP contribution is 2.43. The minimum absolute atomic E-state index is 0.0954. The largest absolute Gasteiger partial charge is 0.381 e. The second-order valence-corrected chi connectivity index (χ2v) is 9.34. The highest BCUT2D eigenvalue weighted by molar-refractivity contribution is 7.17. The standard InChI is InChI=1S/C23H28N4OS/c1-27(2)23(10-12-28-13-11-23)15-24-21-19-18(16-6-4-3-5-7-16)14-29-22(19)26-20(25-21)17-8-9-17/h3-7,14,17H,8-13,15H2,1-2H3,(H,24,25,26). The molecule has 5 rings (SSSR count).